The van der Waals surface area contributed by atoms with Crippen molar-refractivity contribution in [3.05, 3.63) is 64.9 Å². The summed E-state index contributed by atoms with van der Waals surface area (Å²) in [7, 11) is 0. The molecule has 0 spiro atoms. The van der Waals surface area contributed by atoms with E-state index in [1.807, 2.05) is 46.3 Å². The van der Waals surface area contributed by atoms with E-state index in [0.29, 0.717) is 10.8 Å². The van der Waals surface area contributed by atoms with Crippen LogP contribution in [0.25, 0.3) is 17.1 Å². The zero-order chi connectivity index (χ0) is 17.1. The van der Waals surface area contributed by atoms with Crippen LogP contribution >= 0.6 is 34.9 Å². The minimum atomic E-state index is 0.679. The summed E-state index contributed by atoms with van der Waals surface area (Å²) in [5.41, 5.74) is 2.81. The molecule has 25 heavy (non-hydrogen) atoms. The highest BCUT2D eigenvalue weighted by atomic mass is 35.5. The van der Waals surface area contributed by atoms with E-state index in [-0.39, 0.29) is 0 Å². The molecule has 6 nitrogen and oxygen atoms in total. The van der Waals surface area contributed by atoms with Crippen LogP contribution in [-0.2, 0) is 5.75 Å². The van der Waals surface area contributed by atoms with Crippen LogP contribution in [0.3, 0.4) is 0 Å². The number of aromatic nitrogens is 6. The smallest absolute Gasteiger partial charge is 0.196 e. The first-order chi connectivity index (χ1) is 12.3. The van der Waals surface area contributed by atoms with Crippen LogP contribution in [0.2, 0.25) is 5.02 Å². The minimum Gasteiger partial charge on any atom is -0.270 e. The van der Waals surface area contributed by atoms with Gasteiger partial charge < -0.3 is 0 Å². The van der Waals surface area contributed by atoms with Crippen molar-refractivity contribution in [3.63, 3.8) is 0 Å². The van der Waals surface area contributed by atoms with E-state index in [1.165, 1.54) is 11.5 Å². The molecule has 124 valence electrons. The molecule has 0 aliphatic carbocycles. The highest BCUT2D eigenvalue weighted by Crippen LogP contribution is 2.29. The summed E-state index contributed by atoms with van der Waals surface area (Å²) >= 11 is 8.93. The van der Waals surface area contributed by atoms with E-state index in [0.717, 1.165) is 27.9 Å². The van der Waals surface area contributed by atoms with E-state index in [4.69, 9.17) is 11.6 Å². The van der Waals surface area contributed by atoms with Crippen LogP contribution in [-0.4, -0.2) is 29.3 Å². The normalized spacial score (nSPS) is 10.9. The molecule has 0 fully saturated rings. The molecule has 0 aliphatic heterocycles. The molecule has 3 heterocycles. The van der Waals surface area contributed by atoms with Gasteiger partial charge in [-0.15, -0.1) is 15.3 Å². The standard InChI is InChI=1S/C16H11ClN6S2/c17-12-1-3-14(4-2-12)23-15(11-5-7-18-8-6-11)20-21-16(23)24-9-13-10-25-22-19-13/h1-8,10H,9H2. The molecule has 4 rings (SSSR count). The van der Waals surface area contributed by atoms with Gasteiger partial charge in [-0.05, 0) is 47.9 Å². The Morgan fingerprint density at radius 3 is 2.52 bits per heavy atom. The molecule has 0 atom stereocenters. The molecular weight excluding hydrogens is 376 g/mol. The lowest BCUT2D eigenvalue weighted by molar-refractivity contribution is 0.884. The monoisotopic (exact) mass is 386 g/mol. The first-order valence-electron chi connectivity index (χ1n) is 7.32. The van der Waals surface area contributed by atoms with Gasteiger partial charge >= 0.3 is 0 Å². The zero-order valence-electron chi connectivity index (χ0n) is 12.8. The van der Waals surface area contributed by atoms with E-state index in [9.17, 15) is 0 Å². The molecule has 0 amide bonds. The van der Waals surface area contributed by atoms with E-state index in [2.05, 4.69) is 24.8 Å². The summed E-state index contributed by atoms with van der Waals surface area (Å²) in [6.07, 6.45) is 3.48. The Hall–Kier alpha value is -2.29. The summed E-state index contributed by atoms with van der Waals surface area (Å²) in [4.78, 5) is 4.07. The molecule has 9 heteroatoms. The number of pyridine rings is 1. The van der Waals surface area contributed by atoms with Crippen molar-refractivity contribution in [1.82, 2.24) is 29.3 Å². The third kappa shape index (κ3) is 3.55. The maximum absolute atomic E-state index is 6.03. The largest absolute Gasteiger partial charge is 0.270 e. The molecule has 4 aromatic rings. The second-order valence-corrected chi connectivity index (χ2v) is 7.03. The molecule has 0 saturated heterocycles. The predicted octanol–water partition coefficient (Wildman–Crippen LogP) is 4.13. The number of benzene rings is 1. The zero-order valence-corrected chi connectivity index (χ0v) is 15.2. The van der Waals surface area contributed by atoms with Crippen LogP contribution in [0, 0.1) is 0 Å². The molecule has 3 aromatic heterocycles. The van der Waals surface area contributed by atoms with Crippen molar-refractivity contribution < 1.29 is 0 Å². The first-order valence-corrected chi connectivity index (χ1v) is 9.52. The number of thioether (sulfide) groups is 1. The Balaban J connectivity index is 1.76. The number of rotatable bonds is 5. The number of halogens is 1. The van der Waals surface area contributed by atoms with Gasteiger partial charge in [-0.1, -0.05) is 27.9 Å². The molecular formula is C16H11ClN6S2. The summed E-state index contributed by atoms with van der Waals surface area (Å²) in [6, 6.07) is 11.4. The van der Waals surface area contributed by atoms with Crippen molar-refractivity contribution >= 4 is 34.9 Å². The SMILES string of the molecule is Clc1ccc(-n2c(SCc3csnn3)nnc2-c2ccncc2)cc1. The third-order valence-corrected chi connectivity index (χ3v) is 5.18. The van der Waals surface area contributed by atoms with Gasteiger partial charge in [0.2, 0.25) is 0 Å². The second kappa shape index (κ2) is 7.30. The molecule has 0 unspecified atom stereocenters. The average Bonchev–Trinajstić information content (AvgIpc) is 3.31. The van der Waals surface area contributed by atoms with E-state index >= 15 is 0 Å². The fourth-order valence-corrected chi connectivity index (χ4v) is 3.78. The van der Waals surface area contributed by atoms with Gasteiger partial charge in [0.15, 0.2) is 11.0 Å². The average molecular weight is 387 g/mol. The van der Waals surface area contributed by atoms with E-state index < -0.39 is 0 Å². The molecule has 1 aromatic carbocycles. The third-order valence-electron chi connectivity index (χ3n) is 3.41. The van der Waals surface area contributed by atoms with Crippen LogP contribution in [0.4, 0.5) is 0 Å². The van der Waals surface area contributed by atoms with Crippen molar-refractivity contribution in [1.29, 1.82) is 0 Å². The molecule has 0 saturated carbocycles. The molecule has 0 N–H and O–H groups in total. The van der Waals surface area contributed by atoms with Crippen LogP contribution in [0.1, 0.15) is 5.69 Å². The van der Waals surface area contributed by atoms with Gasteiger partial charge in [-0.3, -0.25) is 9.55 Å². The number of hydrogen-bond donors (Lipinski definition) is 0. The van der Waals surface area contributed by atoms with Crippen molar-refractivity contribution in [3.8, 4) is 17.1 Å². The predicted molar refractivity (Wildman–Crippen MR) is 99.1 cm³/mol. The summed E-state index contributed by atoms with van der Waals surface area (Å²) in [5, 5.41) is 16.2. The van der Waals surface area contributed by atoms with E-state index in [1.54, 1.807) is 24.2 Å². The lowest BCUT2D eigenvalue weighted by Crippen LogP contribution is -1.99. The maximum Gasteiger partial charge on any atom is 0.196 e. The van der Waals surface area contributed by atoms with Crippen molar-refractivity contribution in [2.45, 2.75) is 10.9 Å². The Morgan fingerprint density at radius 2 is 1.80 bits per heavy atom. The Kier molecular flexibility index (Phi) is 4.73. The summed E-state index contributed by atoms with van der Waals surface area (Å²) in [6.45, 7) is 0. The Labute approximate surface area is 157 Å². The highest BCUT2D eigenvalue weighted by molar-refractivity contribution is 7.98. The van der Waals surface area contributed by atoms with Gasteiger partial charge in [-0.25, -0.2) is 0 Å². The van der Waals surface area contributed by atoms with Crippen molar-refractivity contribution in [2.24, 2.45) is 0 Å². The van der Waals surface area contributed by atoms with Crippen LogP contribution < -0.4 is 0 Å². The Bertz CT molecular complexity index is 954. The quantitative estimate of drug-likeness (QED) is 0.480. The molecule has 0 radical (unpaired) electrons. The molecule has 0 bridgehead atoms. The first kappa shape index (κ1) is 16.2. The lowest BCUT2D eigenvalue weighted by atomic mass is 10.2. The number of nitrogens with zero attached hydrogens (tertiary/aromatic N) is 6. The van der Waals surface area contributed by atoms with Gasteiger partial charge in [0.25, 0.3) is 0 Å². The van der Waals surface area contributed by atoms with Gasteiger partial charge in [0.1, 0.15) is 0 Å². The topological polar surface area (TPSA) is 69.4 Å². The second-order valence-electron chi connectivity index (χ2n) is 5.04. The maximum atomic E-state index is 6.03. The van der Waals surface area contributed by atoms with Gasteiger partial charge in [-0.2, -0.15) is 0 Å². The van der Waals surface area contributed by atoms with Crippen molar-refractivity contribution in [2.75, 3.05) is 0 Å². The fraction of sp³-hybridized carbons (Fsp3) is 0.0625. The van der Waals surface area contributed by atoms with Gasteiger partial charge in [0.05, 0.1) is 5.69 Å². The lowest BCUT2D eigenvalue weighted by Gasteiger charge is -2.10. The Morgan fingerprint density at radius 1 is 1.00 bits per heavy atom. The van der Waals surface area contributed by atoms with Crippen LogP contribution in [0.5, 0.6) is 0 Å². The minimum absolute atomic E-state index is 0.679. The highest BCUT2D eigenvalue weighted by Gasteiger charge is 2.16. The summed E-state index contributed by atoms with van der Waals surface area (Å²) < 4.78 is 5.90. The van der Waals surface area contributed by atoms with Crippen LogP contribution in [0.15, 0.2) is 59.3 Å². The fourth-order valence-electron chi connectivity index (χ4n) is 2.26. The summed E-state index contributed by atoms with van der Waals surface area (Å²) in [5.74, 6) is 1.43. The molecule has 0 aliphatic rings. The van der Waals surface area contributed by atoms with Gasteiger partial charge in [0, 0.05) is 39.8 Å². The number of hydrogen-bond acceptors (Lipinski definition) is 7.